The van der Waals surface area contributed by atoms with E-state index < -0.39 is 0 Å². The Kier molecular flexibility index (Phi) is 4.66. The number of ether oxygens (including phenoxy) is 3. The number of methoxy groups -OCH3 is 3. The zero-order valence-electron chi connectivity index (χ0n) is 13.8. The number of halogens is 1. The van der Waals surface area contributed by atoms with Crippen LogP contribution in [-0.4, -0.2) is 33.8 Å². The Hall–Kier alpha value is -2.21. The number of rotatable bonds is 4. The largest absolute Gasteiger partial charge is 0.493 e. The Morgan fingerprint density at radius 2 is 1.71 bits per heavy atom. The molecule has 0 saturated heterocycles. The summed E-state index contributed by atoms with van der Waals surface area (Å²) in [6.07, 6.45) is 0.838. The number of anilines is 1. The van der Waals surface area contributed by atoms with E-state index in [2.05, 4.69) is 22.0 Å². The number of carbonyl (C=O) groups is 1. The standard InChI is InChI=1S/C18H18BrNO4/c1-22-15-9-12(10-16(23-2)17(15)24-3)18(21)20-7-6-11-8-13(19)4-5-14(11)20/h4-5,8-10H,6-7H2,1-3H3. The Balaban J connectivity index is 2.00. The highest BCUT2D eigenvalue weighted by atomic mass is 79.9. The summed E-state index contributed by atoms with van der Waals surface area (Å²) in [6, 6.07) is 9.32. The molecule has 1 aliphatic rings. The minimum atomic E-state index is -0.0877. The second kappa shape index (κ2) is 6.73. The van der Waals surface area contributed by atoms with Crippen molar-refractivity contribution in [3.05, 3.63) is 45.9 Å². The molecule has 0 unspecified atom stereocenters. The van der Waals surface area contributed by atoms with Crippen LogP contribution in [0.3, 0.4) is 0 Å². The van der Waals surface area contributed by atoms with E-state index in [0.29, 0.717) is 29.4 Å². The Labute approximate surface area is 149 Å². The monoisotopic (exact) mass is 391 g/mol. The van der Waals surface area contributed by atoms with Gasteiger partial charge < -0.3 is 19.1 Å². The number of carbonyl (C=O) groups excluding carboxylic acids is 1. The first kappa shape index (κ1) is 16.6. The third-order valence-corrected chi connectivity index (χ3v) is 4.59. The van der Waals surface area contributed by atoms with Crippen LogP contribution in [0.4, 0.5) is 5.69 Å². The summed E-state index contributed by atoms with van der Waals surface area (Å²) in [5.41, 5.74) is 2.60. The Bertz CT molecular complexity index is 766. The van der Waals surface area contributed by atoms with Crippen LogP contribution < -0.4 is 19.1 Å². The van der Waals surface area contributed by atoms with Crippen LogP contribution >= 0.6 is 15.9 Å². The minimum Gasteiger partial charge on any atom is -0.493 e. The fourth-order valence-electron chi connectivity index (χ4n) is 2.94. The molecule has 0 spiro atoms. The van der Waals surface area contributed by atoms with Gasteiger partial charge in [-0.1, -0.05) is 15.9 Å². The summed E-state index contributed by atoms with van der Waals surface area (Å²) < 4.78 is 17.0. The van der Waals surface area contributed by atoms with Gasteiger partial charge in [-0.3, -0.25) is 4.79 Å². The van der Waals surface area contributed by atoms with E-state index in [1.54, 1.807) is 17.0 Å². The van der Waals surface area contributed by atoms with E-state index >= 15 is 0 Å². The number of hydrogen-bond donors (Lipinski definition) is 0. The molecule has 1 heterocycles. The van der Waals surface area contributed by atoms with Gasteiger partial charge in [0.15, 0.2) is 11.5 Å². The molecule has 2 aromatic carbocycles. The topological polar surface area (TPSA) is 48.0 Å². The lowest BCUT2D eigenvalue weighted by Crippen LogP contribution is -2.28. The van der Waals surface area contributed by atoms with Crippen LogP contribution in [-0.2, 0) is 6.42 Å². The average Bonchev–Trinajstić information content (AvgIpc) is 3.02. The average molecular weight is 392 g/mol. The van der Waals surface area contributed by atoms with Crippen molar-refractivity contribution < 1.29 is 19.0 Å². The van der Waals surface area contributed by atoms with Crippen molar-refractivity contribution in [2.45, 2.75) is 6.42 Å². The third kappa shape index (κ3) is 2.82. The molecule has 3 rings (SSSR count). The lowest BCUT2D eigenvalue weighted by Gasteiger charge is -2.19. The number of benzene rings is 2. The number of hydrogen-bond acceptors (Lipinski definition) is 4. The summed E-state index contributed by atoms with van der Waals surface area (Å²) in [5.74, 6) is 1.32. The van der Waals surface area contributed by atoms with E-state index in [1.165, 1.54) is 21.3 Å². The fourth-order valence-corrected chi connectivity index (χ4v) is 3.35. The first-order chi connectivity index (χ1) is 11.6. The summed E-state index contributed by atoms with van der Waals surface area (Å²) in [7, 11) is 4.61. The van der Waals surface area contributed by atoms with Crippen molar-refractivity contribution in [3.8, 4) is 17.2 Å². The maximum Gasteiger partial charge on any atom is 0.258 e. The van der Waals surface area contributed by atoms with Gasteiger partial charge in [0, 0.05) is 22.3 Å². The highest BCUT2D eigenvalue weighted by Crippen LogP contribution is 2.39. The van der Waals surface area contributed by atoms with Gasteiger partial charge in [0.05, 0.1) is 21.3 Å². The van der Waals surface area contributed by atoms with E-state index in [-0.39, 0.29) is 5.91 Å². The number of fused-ring (bicyclic) bond motifs is 1. The summed E-state index contributed by atoms with van der Waals surface area (Å²) in [4.78, 5) is 14.8. The molecule has 24 heavy (non-hydrogen) atoms. The fraction of sp³-hybridized carbons (Fsp3) is 0.278. The summed E-state index contributed by atoms with van der Waals surface area (Å²) >= 11 is 3.47. The minimum absolute atomic E-state index is 0.0877. The quantitative estimate of drug-likeness (QED) is 0.797. The molecule has 5 nitrogen and oxygen atoms in total. The summed E-state index contributed by atoms with van der Waals surface area (Å²) in [6.45, 7) is 0.654. The van der Waals surface area contributed by atoms with Gasteiger partial charge in [-0.05, 0) is 42.3 Å². The lowest BCUT2D eigenvalue weighted by molar-refractivity contribution is 0.0988. The van der Waals surface area contributed by atoms with Gasteiger partial charge in [0.25, 0.3) is 5.91 Å². The molecule has 1 aliphatic heterocycles. The first-order valence-corrected chi connectivity index (χ1v) is 8.28. The molecule has 0 N–H and O–H groups in total. The molecule has 0 aliphatic carbocycles. The third-order valence-electron chi connectivity index (χ3n) is 4.09. The van der Waals surface area contributed by atoms with Gasteiger partial charge in [-0.2, -0.15) is 0 Å². The van der Waals surface area contributed by atoms with Crippen molar-refractivity contribution in [1.82, 2.24) is 0 Å². The van der Waals surface area contributed by atoms with Crippen LogP contribution in [0, 0.1) is 0 Å². The molecular weight excluding hydrogens is 374 g/mol. The normalized spacial score (nSPS) is 12.8. The van der Waals surface area contributed by atoms with Crippen LogP contribution in [0.25, 0.3) is 0 Å². The maximum atomic E-state index is 13.0. The first-order valence-electron chi connectivity index (χ1n) is 7.49. The Morgan fingerprint density at radius 1 is 1.04 bits per heavy atom. The number of amides is 1. The lowest BCUT2D eigenvalue weighted by atomic mass is 10.1. The molecule has 0 bridgehead atoms. The molecule has 126 valence electrons. The van der Waals surface area contributed by atoms with Crippen LogP contribution in [0.2, 0.25) is 0 Å². The molecule has 0 radical (unpaired) electrons. The van der Waals surface area contributed by atoms with Crippen molar-refractivity contribution in [2.24, 2.45) is 0 Å². The molecule has 0 fully saturated rings. The van der Waals surface area contributed by atoms with E-state index in [9.17, 15) is 4.79 Å². The van der Waals surface area contributed by atoms with Gasteiger partial charge in [-0.15, -0.1) is 0 Å². The van der Waals surface area contributed by atoms with Crippen LogP contribution in [0.1, 0.15) is 15.9 Å². The van der Waals surface area contributed by atoms with Gasteiger partial charge in [0.1, 0.15) is 0 Å². The summed E-state index contributed by atoms with van der Waals surface area (Å²) in [5, 5.41) is 0. The molecule has 1 amide bonds. The van der Waals surface area contributed by atoms with E-state index in [1.807, 2.05) is 12.1 Å². The smallest absolute Gasteiger partial charge is 0.258 e. The van der Waals surface area contributed by atoms with Crippen LogP contribution in [0.15, 0.2) is 34.8 Å². The van der Waals surface area contributed by atoms with E-state index in [0.717, 1.165) is 22.1 Å². The molecule has 0 atom stereocenters. The number of nitrogens with zero attached hydrogens (tertiary/aromatic N) is 1. The van der Waals surface area contributed by atoms with Crippen molar-refractivity contribution in [2.75, 3.05) is 32.8 Å². The second-order valence-electron chi connectivity index (χ2n) is 5.39. The van der Waals surface area contributed by atoms with Crippen molar-refractivity contribution in [1.29, 1.82) is 0 Å². The maximum absolute atomic E-state index is 13.0. The van der Waals surface area contributed by atoms with E-state index in [4.69, 9.17) is 14.2 Å². The second-order valence-corrected chi connectivity index (χ2v) is 6.31. The van der Waals surface area contributed by atoms with Crippen molar-refractivity contribution >= 4 is 27.5 Å². The van der Waals surface area contributed by atoms with Gasteiger partial charge >= 0.3 is 0 Å². The molecule has 0 aromatic heterocycles. The van der Waals surface area contributed by atoms with Crippen molar-refractivity contribution in [3.63, 3.8) is 0 Å². The van der Waals surface area contributed by atoms with Gasteiger partial charge in [-0.25, -0.2) is 0 Å². The van der Waals surface area contributed by atoms with Gasteiger partial charge in [0.2, 0.25) is 5.75 Å². The predicted octanol–water partition coefficient (Wildman–Crippen LogP) is 3.68. The molecule has 0 saturated carbocycles. The Morgan fingerprint density at radius 3 is 2.29 bits per heavy atom. The highest BCUT2D eigenvalue weighted by molar-refractivity contribution is 9.10. The zero-order valence-corrected chi connectivity index (χ0v) is 15.3. The molecule has 2 aromatic rings. The predicted molar refractivity (Wildman–Crippen MR) is 95.6 cm³/mol. The molecular formula is C18H18BrNO4. The highest BCUT2D eigenvalue weighted by Gasteiger charge is 2.27. The molecule has 6 heteroatoms. The van der Waals surface area contributed by atoms with Crippen LogP contribution in [0.5, 0.6) is 17.2 Å². The SMILES string of the molecule is COc1cc(C(=O)N2CCc3cc(Br)ccc32)cc(OC)c1OC. The zero-order chi connectivity index (χ0) is 17.3.